The van der Waals surface area contributed by atoms with Crippen LogP contribution in [0.2, 0.25) is 0 Å². The SMILES string of the molecule is COc1ccc(-c2csc(NC(=O)CSc3nc4ccccc4c(=O)n3-c3cccc(C)c3C)n2)cc1OC. The molecule has 0 radical (unpaired) electrons. The van der Waals surface area contributed by atoms with Crippen LogP contribution in [0.1, 0.15) is 11.1 Å². The molecule has 0 fully saturated rings. The fourth-order valence-corrected chi connectivity index (χ4v) is 5.69. The Kier molecular flexibility index (Phi) is 7.67. The molecule has 198 valence electrons. The standard InChI is InChI=1S/C29H26N4O4S2/c1-17-8-7-11-23(18(17)2)33-27(35)20-9-5-6-10-21(20)31-29(33)39-16-26(34)32-28-30-22(15-38-28)19-12-13-24(36-3)25(14-19)37-4/h5-15H,16H2,1-4H3,(H,30,32,34). The van der Waals surface area contributed by atoms with Crippen LogP contribution in [0.15, 0.2) is 76.0 Å². The number of rotatable bonds is 8. The van der Waals surface area contributed by atoms with Gasteiger partial charge in [0, 0.05) is 10.9 Å². The van der Waals surface area contributed by atoms with Crippen LogP contribution in [0.25, 0.3) is 27.8 Å². The predicted octanol–water partition coefficient (Wildman–Crippen LogP) is 5.87. The first-order valence-corrected chi connectivity index (χ1v) is 13.9. The average Bonchev–Trinajstić information content (AvgIpc) is 3.42. The van der Waals surface area contributed by atoms with Gasteiger partial charge in [-0.1, -0.05) is 36.0 Å². The minimum Gasteiger partial charge on any atom is -0.493 e. The van der Waals surface area contributed by atoms with Crippen LogP contribution in [0, 0.1) is 13.8 Å². The molecule has 0 aliphatic carbocycles. The molecule has 8 nitrogen and oxygen atoms in total. The molecule has 3 aromatic carbocycles. The zero-order valence-electron chi connectivity index (χ0n) is 21.8. The number of hydrogen-bond donors (Lipinski definition) is 1. The van der Waals surface area contributed by atoms with Gasteiger partial charge in [-0.2, -0.15) is 0 Å². The van der Waals surface area contributed by atoms with Gasteiger partial charge in [-0.15, -0.1) is 11.3 Å². The van der Waals surface area contributed by atoms with Gasteiger partial charge >= 0.3 is 0 Å². The van der Waals surface area contributed by atoms with E-state index in [4.69, 9.17) is 14.5 Å². The van der Waals surface area contributed by atoms with E-state index in [9.17, 15) is 9.59 Å². The van der Waals surface area contributed by atoms with Crippen molar-refractivity contribution in [3.8, 4) is 28.4 Å². The molecule has 0 saturated carbocycles. The Hall–Kier alpha value is -4.15. The van der Waals surface area contributed by atoms with Crippen molar-refractivity contribution in [3.63, 3.8) is 0 Å². The summed E-state index contributed by atoms with van der Waals surface area (Å²) in [4.78, 5) is 35.8. The summed E-state index contributed by atoms with van der Waals surface area (Å²) >= 11 is 2.54. The molecule has 0 atom stereocenters. The van der Waals surface area contributed by atoms with E-state index in [1.807, 2.05) is 67.8 Å². The van der Waals surface area contributed by atoms with E-state index >= 15 is 0 Å². The van der Waals surface area contributed by atoms with Gasteiger partial charge in [0.05, 0.1) is 42.3 Å². The van der Waals surface area contributed by atoms with Gasteiger partial charge in [0.15, 0.2) is 21.8 Å². The second kappa shape index (κ2) is 11.3. The normalized spacial score (nSPS) is 11.0. The van der Waals surface area contributed by atoms with Crippen molar-refractivity contribution < 1.29 is 14.3 Å². The first-order valence-electron chi connectivity index (χ1n) is 12.1. The van der Waals surface area contributed by atoms with E-state index in [0.29, 0.717) is 38.4 Å². The number of anilines is 1. The number of amides is 1. The van der Waals surface area contributed by atoms with Crippen molar-refractivity contribution in [3.05, 3.63) is 87.5 Å². The third-order valence-corrected chi connectivity index (χ3v) is 8.02. The van der Waals surface area contributed by atoms with E-state index in [2.05, 4.69) is 10.3 Å². The number of hydrogen-bond acceptors (Lipinski definition) is 8. The van der Waals surface area contributed by atoms with Gasteiger partial charge in [0.1, 0.15) is 0 Å². The minimum atomic E-state index is -0.247. The molecule has 0 aliphatic rings. The molecule has 0 unspecified atom stereocenters. The van der Waals surface area contributed by atoms with Crippen molar-refractivity contribution in [2.75, 3.05) is 25.3 Å². The summed E-state index contributed by atoms with van der Waals surface area (Å²) < 4.78 is 12.3. The maximum Gasteiger partial charge on any atom is 0.266 e. The van der Waals surface area contributed by atoms with Crippen molar-refractivity contribution in [1.82, 2.24) is 14.5 Å². The number of nitrogens with zero attached hydrogens (tertiary/aromatic N) is 3. The quantitative estimate of drug-likeness (QED) is 0.188. The van der Waals surface area contributed by atoms with Crippen LogP contribution >= 0.6 is 23.1 Å². The zero-order valence-corrected chi connectivity index (χ0v) is 23.5. The number of thiazole rings is 1. The number of benzene rings is 3. The Bertz CT molecular complexity index is 1750. The second-order valence-electron chi connectivity index (χ2n) is 8.72. The fourth-order valence-electron chi connectivity index (χ4n) is 4.14. The Morgan fingerprint density at radius 1 is 1.00 bits per heavy atom. The number of aromatic nitrogens is 3. The third-order valence-electron chi connectivity index (χ3n) is 6.32. The maximum atomic E-state index is 13.6. The first kappa shape index (κ1) is 26.5. The Balaban J connectivity index is 1.38. The minimum absolute atomic E-state index is 0.0565. The third kappa shape index (κ3) is 5.39. The lowest BCUT2D eigenvalue weighted by Crippen LogP contribution is -2.23. The predicted molar refractivity (Wildman–Crippen MR) is 157 cm³/mol. The van der Waals surface area contributed by atoms with Crippen molar-refractivity contribution in [2.45, 2.75) is 19.0 Å². The van der Waals surface area contributed by atoms with E-state index in [-0.39, 0.29) is 17.2 Å². The van der Waals surface area contributed by atoms with Crippen molar-refractivity contribution in [1.29, 1.82) is 0 Å². The highest BCUT2D eigenvalue weighted by atomic mass is 32.2. The highest BCUT2D eigenvalue weighted by Crippen LogP contribution is 2.33. The van der Waals surface area contributed by atoms with Crippen molar-refractivity contribution >= 4 is 45.0 Å². The number of carbonyl (C=O) groups excluding carboxylic acids is 1. The molecule has 5 aromatic rings. The molecule has 5 rings (SSSR count). The Labute approximate surface area is 233 Å². The molecular formula is C29H26N4O4S2. The van der Waals surface area contributed by atoms with Crippen LogP contribution in [-0.4, -0.2) is 40.4 Å². The van der Waals surface area contributed by atoms with Crippen LogP contribution in [-0.2, 0) is 4.79 Å². The van der Waals surface area contributed by atoms with Gasteiger partial charge in [-0.05, 0) is 61.4 Å². The topological polar surface area (TPSA) is 95.3 Å². The zero-order chi connectivity index (χ0) is 27.5. The molecule has 2 aromatic heterocycles. The molecule has 1 amide bonds. The van der Waals surface area contributed by atoms with E-state index in [1.165, 1.54) is 23.1 Å². The van der Waals surface area contributed by atoms with Crippen LogP contribution in [0.3, 0.4) is 0 Å². The highest BCUT2D eigenvalue weighted by molar-refractivity contribution is 7.99. The number of thioether (sulfide) groups is 1. The van der Waals surface area contributed by atoms with Gasteiger partial charge in [0.2, 0.25) is 5.91 Å². The lowest BCUT2D eigenvalue weighted by atomic mass is 10.1. The first-order chi connectivity index (χ1) is 18.9. The van der Waals surface area contributed by atoms with Crippen LogP contribution < -0.4 is 20.3 Å². The summed E-state index contributed by atoms with van der Waals surface area (Å²) in [5, 5.41) is 6.18. The largest absolute Gasteiger partial charge is 0.493 e. The molecular weight excluding hydrogens is 532 g/mol. The number of nitrogens with one attached hydrogen (secondary N) is 1. The second-order valence-corrected chi connectivity index (χ2v) is 10.5. The monoisotopic (exact) mass is 558 g/mol. The van der Waals surface area contributed by atoms with Crippen molar-refractivity contribution in [2.24, 2.45) is 0 Å². The highest BCUT2D eigenvalue weighted by Gasteiger charge is 2.17. The number of fused-ring (bicyclic) bond motifs is 1. The van der Waals surface area contributed by atoms with E-state index in [0.717, 1.165) is 22.4 Å². The molecule has 0 aliphatic heterocycles. The van der Waals surface area contributed by atoms with Gasteiger partial charge in [0.25, 0.3) is 5.56 Å². The number of aryl methyl sites for hydroxylation is 1. The number of methoxy groups -OCH3 is 2. The smallest absolute Gasteiger partial charge is 0.266 e. The molecule has 39 heavy (non-hydrogen) atoms. The Morgan fingerprint density at radius 2 is 1.79 bits per heavy atom. The van der Waals surface area contributed by atoms with Gasteiger partial charge in [-0.3, -0.25) is 14.2 Å². The lowest BCUT2D eigenvalue weighted by molar-refractivity contribution is -0.113. The fraction of sp³-hybridized carbons (Fsp3) is 0.172. The van der Waals surface area contributed by atoms with Gasteiger partial charge < -0.3 is 14.8 Å². The number of ether oxygens (including phenoxy) is 2. The van der Waals surface area contributed by atoms with Gasteiger partial charge in [-0.25, -0.2) is 9.97 Å². The molecule has 0 spiro atoms. The molecule has 1 N–H and O–H groups in total. The molecule has 0 bridgehead atoms. The Morgan fingerprint density at radius 3 is 2.59 bits per heavy atom. The molecule has 2 heterocycles. The summed E-state index contributed by atoms with van der Waals surface area (Å²) in [6.45, 7) is 3.98. The summed E-state index contributed by atoms with van der Waals surface area (Å²) in [5.41, 5.74) is 4.77. The summed E-state index contributed by atoms with van der Waals surface area (Å²) in [7, 11) is 3.16. The van der Waals surface area contributed by atoms with Crippen LogP contribution in [0.5, 0.6) is 11.5 Å². The average molecular weight is 559 g/mol. The number of carbonyl (C=O) groups is 1. The summed E-state index contributed by atoms with van der Waals surface area (Å²) in [6.07, 6.45) is 0. The maximum absolute atomic E-state index is 13.6. The summed E-state index contributed by atoms with van der Waals surface area (Å²) in [6, 6.07) is 18.6. The van der Waals surface area contributed by atoms with Crippen LogP contribution in [0.4, 0.5) is 5.13 Å². The van der Waals surface area contributed by atoms with E-state index in [1.54, 1.807) is 30.9 Å². The summed E-state index contributed by atoms with van der Waals surface area (Å²) in [5.74, 6) is 1.04. The molecule has 10 heteroatoms. The van der Waals surface area contributed by atoms with E-state index < -0.39 is 0 Å². The lowest BCUT2D eigenvalue weighted by Gasteiger charge is -2.16. The number of para-hydroxylation sites is 1. The molecule has 0 saturated heterocycles.